The second-order valence-electron chi connectivity index (χ2n) is 5.75. The zero-order valence-corrected chi connectivity index (χ0v) is 13.5. The summed E-state index contributed by atoms with van der Waals surface area (Å²) in [5, 5.41) is 10.8. The number of hydrogen-bond acceptors (Lipinski definition) is 5. The third-order valence-electron chi connectivity index (χ3n) is 4.26. The molecule has 1 saturated heterocycles. The molecule has 1 fully saturated rings. The van der Waals surface area contributed by atoms with Crippen LogP contribution in [0, 0.1) is 23.0 Å². The molecule has 0 saturated carbocycles. The van der Waals surface area contributed by atoms with E-state index in [1.165, 1.54) is 22.5 Å². The van der Waals surface area contributed by atoms with Crippen LogP contribution >= 0.6 is 0 Å². The smallest absolute Gasteiger partial charge is 0.269 e. The molecule has 2 atom stereocenters. The van der Waals surface area contributed by atoms with Crippen LogP contribution in [0.25, 0.3) is 0 Å². The van der Waals surface area contributed by atoms with Gasteiger partial charge in [0.1, 0.15) is 0 Å². The van der Waals surface area contributed by atoms with Crippen molar-refractivity contribution >= 4 is 15.7 Å². The Hall–Kier alpha value is -1.51. The fourth-order valence-electron chi connectivity index (χ4n) is 3.02. The quantitative estimate of drug-likeness (QED) is 0.668. The number of piperidine rings is 1. The molecule has 0 amide bonds. The minimum atomic E-state index is -3.70. The van der Waals surface area contributed by atoms with E-state index in [0.717, 1.165) is 12.8 Å². The minimum Gasteiger partial charge on any atom is -0.329 e. The third kappa shape index (κ3) is 2.99. The molecule has 7 nitrogen and oxygen atoms in total. The van der Waals surface area contributed by atoms with Crippen LogP contribution in [0.5, 0.6) is 0 Å². The second-order valence-corrected chi connectivity index (χ2v) is 7.60. The van der Waals surface area contributed by atoms with Crippen molar-refractivity contribution in [1.29, 1.82) is 0 Å². The van der Waals surface area contributed by atoms with Gasteiger partial charge in [0.05, 0.1) is 9.82 Å². The Balaban J connectivity index is 2.43. The van der Waals surface area contributed by atoms with Gasteiger partial charge in [-0.1, -0.05) is 6.92 Å². The SMILES string of the molecule is Cc1cc([N+](=O)[O-])ccc1S(=O)(=O)N1CCCC(C)C1CN. The van der Waals surface area contributed by atoms with Crippen molar-refractivity contribution in [3.63, 3.8) is 0 Å². The molecule has 22 heavy (non-hydrogen) atoms. The number of nitrogens with two attached hydrogens (primary N) is 1. The maximum Gasteiger partial charge on any atom is 0.269 e. The summed E-state index contributed by atoms with van der Waals surface area (Å²) in [5.74, 6) is 0.201. The Morgan fingerprint density at radius 1 is 1.45 bits per heavy atom. The molecule has 0 spiro atoms. The average molecular weight is 327 g/mol. The summed E-state index contributed by atoms with van der Waals surface area (Å²) in [4.78, 5) is 10.4. The predicted octanol–water partition coefficient (Wildman–Crippen LogP) is 1.65. The van der Waals surface area contributed by atoms with E-state index in [2.05, 4.69) is 0 Å². The van der Waals surface area contributed by atoms with Crippen molar-refractivity contribution in [1.82, 2.24) is 4.31 Å². The molecule has 8 heteroatoms. The number of non-ortho nitro benzene ring substituents is 1. The van der Waals surface area contributed by atoms with Gasteiger partial charge in [-0.05, 0) is 37.3 Å². The highest BCUT2D eigenvalue weighted by Crippen LogP contribution is 2.31. The van der Waals surface area contributed by atoms with Crippen molar-refractivity contribution < 1.29 is 13.3 Å². The Labute approximate surface area is 130 Å². The molecule has 2 unspecified atom stereocenters. The van der Waals surface area contributed by atoms with Gasteiger partial charge >= 0.3 is 0 Å². The number of sulfonamides is 1. The van der Waals surface area contributed by atoms with Crippen molar-refractivity contribution in [2.75, 3.05) is 13.1 Å². The van der Waals surface area contributed by atoms with E-state index in [0.29, 0.717) is 12.1 Å². The molecule has 1 aromatic rings. The highest BCUT2D eigenvalue weighted by Gasteiger charge is 2.37. The topological polar surface area (TPSA) is 107 Å². The number of nitro groups is 1. The number of nitro benzene ring substituents is 1. The van der Waals surface area contributed by atoms with Gasteiger partial charge in [-0.3, -0.25) is 10.1 Å². The molecular formula is C14H21N3O4S. The van der Waals surface area contributed by atoms with E-state index >= 15 is 0 Å². The van der Waals surface area contributed by atoms with Crippen LogP contribution in [0.2, 0.25) is 0 Å². The Kier molecular flexibility index (Phi) is 4.84. The molecule has 1 heterocycles. The molecule has 122 valence electrons. The Morgan fingerprint density at radius 3 is 2.68 bits per heavy atom. The molecule has 2 rings (SSSR count). The second kappa shape index (κ2) is 6.31. The van der Waals surface area contributed by atoms with Crippen LogP contribution in [-0.4, -0.2) is 36.8 Å². The predicted molar refractivity (Wildman–Crippen MR) is 83.0 cm³/mol. The molecule has 0 bridgehead atoms. The van der Waals surface area contributed by atoms with Crippen molar-refractivity contribution in [3.05, 3.63) is 33.9 Å². The van der Waals surface area contributed by atoms with Gasteiger partial charge in [0.25, 0.3) is 5.69 Å². The van der Waals surface area contributed by atoms with E-state index in [1.807, 2.05) is 6.92 Å². The molecule has 1 aliphatic rings. The fourth-order valence-corrected chi connectivity index (χ4v) is 5.00. The normalized spacial score (nSPS) is 23.4. The van der Waals surface area contributed by atoms with Gasteiger partial charge in [0.15, 0.2) is 0 Å². The molecular weight excluding hydrogens is 306 g/mol. The lowest BCUT2D eigenvalue weighted by molar-refractivity contribution is -0.385. The largest absolute Gasteiger partial charge is 0.329 e. The van der Waals surface area contributed by atoms with Gasteiger partial charge in [-0.15, -0.1) is 0 Å². The molecule has 2 N–H and O–H groups in total. The van der Waals surface area contributed by atoms with E-state index in [4.69, 9.17) is 5.73 Å². The van der Waals surface area contributed by atoms with Gasteiger partial charge in [-0.2, -0.15) is 4.31 Å². The lowest BCUT2D eigenvalue weighted by Crippen LogP contribution is -2.51. The van der Waals surface area contributed by atoms with Crippen LogP contribution in [0.15, 0.2) is 23.1 Å². The van der Waals surface area contributed by atoms with E-state index < -0.39 is 14.9 Å². The van der Waals surface area contributed by atoms with E-state index in [9.17, 15) is 18.5 Å². The zero-order valence-electron chi connectivity index (χ0n) is 12.7. The zero-order chi connectivity index (χ0) is 16.5. The van der Waals surface area contributed by atoms with Crippen LogP contribution in [0.4, 0.5) is 5.69 Å². The van der Waals surface area contributed by atoms with Crippen LogP contribution in [-0.2, 0) is 10.0 Å². The van der Waals surface area contributed by atoms with Crippen molar-refractivity contribution in [2.45, 2.75) is 37.6 Å². The first-order valence-electron chi connectivity index (χ1n) is 7.26. The average Bonchev–Trinajstić information content (AvgIpc) is 2.46. The first-order valence-corrected chi connectivity index (χ1v) is 8.70. The summed E-state index contributed by atoms with van der Waals surface area (Å²) < 4.78 is 27.3. The Morgan fingerprint density at radius 2 is 2.14 bits per heavy atom. The first-order chi connectivity index (χ1) is 10.3. The Bertz CT molecular complexity index is 675. The summed E-state index contributed by atoms with van der Waals surface area (Å²) in [6.45, 7) is 4.28. The number of nitrogens with zero attached hydrogens (tertiary/aromatic N) is 2. The van der Waals surface area contributed by atoms with Crippen LogP contribution in [0.3, 0.4) is 0 Å². The van der Waals surface area contributed by atoms with Gasteiger partial charge < -0.3 is 5.73 Å². The number of rotatable bonds is 4. The molecule has 1 aliphatic heterocycles. The minimum absolute atomic E-state index is 0.112. The van der Waals surface area contributed by atoms with Crippen LogP contribution < -0.4 is 5.73 Å². The standard InChI is InChI=1S/C14H21N3O4S/c1-10-4-3-7-16(13(10)9-15)22(20,21)14-6-5-12(17(18)19)8-11(14)2/h5-6,8,10,13H,3-4,7,9,15H2,1-2H3. The summed E-state index contributed by atoms with van der Waals surface area (Å²) in [6.07, 6.45) is 1.75. The van der Waals surface area contributed by atoms with Gasteiger partial charge in [-0.25, -0.2) is 8.42 Å². The lowest BCUT2D eigenvalue weighted by atomic mass is 9.93. The summed E-state index contributed by atoms with van der Waals surface area (Å²) in [7, 11) is -3.70. The summed E-state index contributed by atoms with van der Waals surface area (Å²) in [5.41, 5.74) is 6.03. The third-order valence-corrected chi connectivity index (χ3v) is 6.35. The monoisotopic (exact) mass is 327 g/mol. The van der Waals surface area contributed by atoms with Crippen molar-refractivity contribution in [2.24, 2.45) is 11.7 Å². The molecule has 0 aliphatic carbocycles. The number of hydrogen-bond donors (Lipinski definition) is 1. The highest BCUT2D eigenvalue weighted by atomic mass is 32.2. The molecule has 0 aromatic heterocycles. The maximum absolute atomic E-state index is 12.9. The van der Waals surface area contributed by atoms with Crippen molar-refractivity contribution in [3.8, 4) is 0 Å². The summed E-state index contributed by atoms with van der Waals surface area (Å²) in [6, 6.07) is 3.60. The van der Waals surface area contributed by atoms with E-state index in [1.54, 1.807) is 6.92 Å². The first kappa shape index (κ1) is 16.9. The van der Waals surface area contributed by atoms with Crippen LogP contribution in [0.1, 0.15) is 25.3 Å². The maximum atomic E-state index is 12.9. The molecule has 1 aromatic carbocycles. The highest BCUT2D eigenvalue weighted by molar-refractivity contribution is 7.89. The van der Waals surface area contributed by atoms with E-state index in [-0.39, 0.29) is 29.1 Å². The molecule has 0 radical (unpaired) electrons. The fraction of sp³-hybridized carbons (Fsp3) is 0.571. The number of aryl methyl sites for hydroxylation is 1. The lowest BCUT2D eigenvalue weighted by Gasteiger charge is -2.38. The number of benzene rings is 1. The summed E-state index contributed by atoms with van der Waals surface area (Å²) >= 11 is 0. The van der Waals surface area contributed by atoms with Gasteiger partial charge in [0, 0.05) is 31.3 Å². The van der Waals surface area contributed by atoms with Gasteiger partial charge in [0.2, 0.25) is 10.0 Å².